The monoisotopic (exact) mass is 545 g/mol. The van der Waals surface area contributed by atoms with Gasteiger partial charge in [-0.15, -0.1) is 0 Å². The fourth-order valence-electron chi connectivity index (χ4n) is 3.92. The second kappa shape index (κ2) is 11.6. The molecule has 0 radical (unpaired) electrons. The molecule has 1 aliphatic heterocycles. The number of amides is 3. The SMILES string of the molecule is O=C(COc1ccc(N2C[C@@H](C(=O)NCc3ccccc3)CC2=O)cc1)Nc1cc(C(F)(F)F)ccc1Cl. The van der Waals surface area contributed by atoms with Crippen LogP contribution in [0, 0.1) is 5.92 Å². The third kappa shape index (κ3) is 6.83. The van der Waals surface area contributed by atoms with E-state index in [9.17, 15) is 27.6 Å². The second-order valence-electron chi connectivity index (χ2n) is 8.63. The Morgan fingerprint density at radius 3 is 2.42 bits per heavy atom. The van der Waals surface area contributed by atoms with Gasteiger partial charge >= 0.3 is 6.18 Å². The zero-order chi connectivity index (χ0) is 27.3. The van der Waals surface area contributed by atoms with Crippen LogP contribution in [0.15, 0.2) is 72.8 Å². The van der Waals surface area contributed by atoms with E-state index in [0.29, 0.717) is 18.0 Å². The number of carbonyl (C=O) groups excluding carboxylic acids is 3. The van der Waals surface area contributed by atoms with Crippen LogP contribution in [0.3, 0.4) is 0 Å². The van der Waals surface area contributed by atoms with E-state index in [0.717, 1.165) is 23.8 Å². The summed E-state index contributed by atoms with van der Waals surface area (Å²) < 4.78 is 44.1. The number of nitrogens with one attached hydrogen (secondary N) is 2. The highest BCUT2D eigenvalue weighted by atomic mass is 35.5. The van der Waals surface area contributed by atoms with Crippen molar-refractivity contribution in [3.63, 3.8) is 0 Å². The van der Waals surface area contributed by atoms with Crippen LogP contribution in [-0.4, -0.2) is 30.9 Å². The normalized spacial score (nSPS) is 15.3. The summed E-state index contributed by atoms with van der Waals surface area (Å²) in [5, 5.41) is 5.12. The maximum Gasteiger partial charge on any atom is 0.416 e. The van der Waals surface area contributed by atoms with Crippen LogP contribution in [0.4, 0.5) is 24.5 Å². The molecule has 11 heteroatoms. The molecule has 0 bridgehead atoms. The molecule has 0 aromatic heterocycles. The van der Waals surface area contributed by atoms with Gasteiger partial charge in [0.1, 0.15) is 5.75 Å². The molecule has 1 heterocycles. The van der Waals surface area contributed by atoms with Crippen LogP contribution in [0.1, 0.15) is 17.5 Å². The average molecular weight is 546 g/mol. The van der Waals surface area contributed by atoms with Gasteiger partial charge in [-0.1, -0.05) is 41.9 Å². The predicted molar refractivity (Wildman–Crippen MR) is 136 cm³/mol. The van der Waals surface area contributed by atoms with Crippen molar-refractivity contribution in [1.29, 1.82) is 0 Å². The Balaban J connectivity index is 1.28. The Hall–Kier alpha value is -4.05. The van der Waals surface area contributed by atoms with Crippen molar-refractivity contribution in [3.05, 3.63) is 88.9 Å². The third-order valence-corrected chi connectivity index (χ3v) is 6.22. The van der Waals surface area contributed by atoms with E-state index in [-0.39, 0.29) is 35.5 Å². The topological polar surface area (TPSA) is 87.7 Å². The molecule has 1 atom stereocenters. The van der Waals surface area contributed by atoms with Crippen molar-refractivity contribution in [1.82, 2.24) is 5.32 Å². The Kier molecular flexibility index (Phi) is 8.21. The molecule has 3 aromatic carbocycles. The molecule has 1 saturated heterocycles. The number of hydrogen-bond donors (Lipinski definition) is 2. The first kappa shape index (κ1) is 27.0. The molecule has 0 aliphatic carbocycles. The highest BCUT2D eigenvalue weighted by Crippen LogP contribution is 2.34. The summed E-state index contributed by atoms with van der Waals surface area (Å²) in [6.45, 7) is 0.141. The van der Waals surface area contributed by atoms with E-state index in [1.807, 2.05) is 30.3 Å². The molecule has 0 saturated carbocycles. The van der Waals surface area contributed by atoms with Gasteiger partial charge in [0.25, 0.3) is 5.91 Å². The summed E-state index contributed by atoms with van der Waals surface area (Å²) >= 11 is 5.89. The minimum absolute atomic E-state index is 0.0435. The number of hydrogen-bond acceptors (Lipinski definition) is 4. The fourth-order valence-corrected chi connectivity index (χ4v) is 4.08. The minimum Gasteiger partial charge on any atom is -0.484 e. The summed E-state index contributed by atoms with van der Waals surface area (Å²) in [4.78, 5) is 38.8. The summed E-state index contributed by atoms with van der Waals surface area (Å²) in [5.74, 6) is -1.25. The second-order valence-corrected chi connectivity index (χ2v) is 9.04. The lowest BCUT2D eigenvalue weighted by Crippen LogP contribution is -2.32. The van der Waals surface area contributed by atoms with Crippen molar-refractivity contribution < 1.29 is 32.3 Å². The molecule has 7 nitrogen and oxygen atoms in total. The Bertz CT molecular complexity index is 1320. The molecule has 3 aromatic rings. The molecule has 198 valence electrons. The fraction of sp³-hybridized carbons (Fsp3) is 0.222. The lowest BCUT2D eigenvalue weighted by molar-refractivity contribution is -0.137. The lowest BCUT2D eigenvalue weighted by Gasteiger charge is -2.17. The highest BCUT2D eigenvalue weighted by Gasteiger charge is 2.35. The lowest BCUT2D eigenvalue weighted by atomic mass is 10.1. The molecule has 1 fully saturated rings. The molecule has 3 amide bonds. The summed E-state index contributed by atoms with van der Waals surface area (Å²) in [7, 11) is 0. The van der Waals surface area contributed by atoms with E-state index in [2.05, 4.69) is 10.6 Å². The molecule has 1 aliphatic rings. The number of carbonyl (C=O) groups is 3. The van der Waals surface area contributed by atoms with Crippen molar-refractivity contribution in [3.8, 4) is 5.75 Å². The first-order valence-corrected chi connectivity index (χ1v) is 12.0. The van der Waals surface area contributed by atoms with E-state index < -0.39 is 30.2 Å². The van der Waals surface area contributed by atoms with Gasteiger partial charge in [-0.25, -0.2) is 0 Å². The molecular formula is C27H23ClF3N3O4. The smallest absolute Gasteiger partial charge is 0.416 e. The van der Waals surface area contributed by atoms with E-state index >= 15 is 0 Å². The van der Waals surface area contributed by atoms with Gasteiger partial charge in [0.2, 0.25) is 11.8 Å². The van der Waals surface area contributed by atoms with Gasteiger partial charge < -0.3 is 20.3 Å². The standard InChI is InChI=1S/C27H23ClF3N3O4/c28-22-11-6-19(27(29,30)31)13-23(22)33-24(35)16-38-21-9-7-20(8-10-21)34-15-18(12-25(34)36)26(37)32-14-17-4-2-1-3-5-17/h1-11,13,18H,12,14-16H2,(H,32,37)(H,33,35)/t18-/m0/s1. The number of anilines is 2. The molecular weight excluding hydrogens is 523 g/mol. The van der Waals surface area contributed by atoms with Crippen LogP contribution < -0.4 is 20.3 Å². The average Bonchev–Trinajstić information content (AvgIpc) is 3.29. The molecule has 2 N–H and O–H groups in total. The quantitative estimate of drug-likeness (QED) is 0.415. The summed E-state index contributed by atoms with van der Waals surface area (Å²) in [6.07, 6.45) is -4.48. The van der Waals surface area contributed by atoms with Crippen molar-refractivity contribution in [2.24, 2.45) is 5.92 Å². The van der Waals surface area contributed by atoms with Crippen molar-refractivity contribution >= 4 is 40.7 Å². The van der Waals surface area contributed by atoms with Crippen molar-refractivity contribution in [2.45, 2.75) is 19.1 Å². The van der Waals surface area contributed by atoms with Crippen molar-refractivity contribution in [2.75, 3.05) is 23.4 Å². The molecule has 4 rings (SSSR count). The Morgan fingerprint density at radius 2 is 1.74 bits per heavy atom. The highest BCUT2D eigenvalue weighted by molar-refractivity contribution is 6.33. The first-order valence-electron chi connectivity index (χ1n) is 11.6. The number of ether oxygens (including phenoxy) is 1. The zero-order valence-corrected chi connectivity index (χ0v) is 20.7. The Labute approximate surface area is 221 Å². The number of nitrogens with zero attached hydrogens (tertiary/aromatic N) is 1. The first-order chi connectivity index (χ1) is 18.1. The number of halogens is 4. The number of rotatable bonds is 8. The maximum absolute atomic E-state index is 12.9. The minimum atomic E-state index is -4.58. The van der Waals surface area contributed by atoms with Crippen LogP contribution in [0.25, 0.3) is 0 Å². The van der Waals surface area contributed by atoms with E-state index in [4.69, 9.17) is 16.3 Å². The third-order valence-electron chi connectivity index (χ3n) is 5.89. The van der Waals surface area contributed by atoms with E-state index in [1.165, 1.54) is 4.90 Å². The van der Waals surface area contributed by atoms with Gasteiger partial charge in [0.05, 0.1) is 22.2 Å². The summed E-state index contributed by atoms with van der Waals surface area (Å²) in [5.41, 5.74) is 0.409. The molecule has 0 spiro atoms. The summed E-state index contributed by atoms with van der Waals surface area (Å²) in [6, 6.07) is 18.4. The van der Waals surface area contributed by atoms with Crippen LogP contribution >= 0.6 is 11.6 Å². The van der Waals surface area contributed by atoms with Crippen LogP contribution in [0.5, 0.6) is 5.75 Å². The Morgan fingerprint density at radius 1 is 1.03 bits per heavy atom. The predicted octanol–water partition coefficient (Wildman–Crippen LogP) is 5.05. The maximum atomic E-state index is 12.9. The zero-order valence-electron chi connectivity index (χ0n) is 19.9. The number of alkyl halides is 3. The largest absolute Gasteiger partial charge is 0.484 e. The molecule has 38 heavy (non-hydrogen) atoms. The van der Waals surface area contributed by atoms with Crippen LogP contribution in [0.2, 0.25) is 5.02 Å². The number of benzene rings is 3. The van der Waals surface area contributed by atoms with Gasteiger partial charge in [-0.2, -0.15) is 13.2 Å². The van der Waals surface area contributed by atoms with Crippen LogP contribution in [-0.2, 0) is 27.1 Å². The van der Waals surface area contributed by atoms with Gasteiger partial charge in [-0.05, 0) is 48.0 Å². The van der Waals surface area contributed by atoms with Gasteiger partial charge in [0, 0.05) is 25.2 Å². The van der Waals surface area contributed by atoms with Gasteiger partial charge in [0.15, 0.2) is 6.61 Å². The molecule has 0 unspecified atom stereocenters. The van der Waals surface area contributed by atoms with Gasteiger partial charge in [-0.3, -0.25) is 14.4 Å². The van der Waals surface area contributed by atoms with E-state index in [1.54, 1.807) is 24.3 Å².